The molecule has 3 heteroatoms. The van der Waals surface area contributed by atoms with E-state index < -0.39 is 0 Å². The van der Waals surface area contributed by atoms with Gasteiger partial charge >= 0.3 is 0 Å². The van der Waals surface area contributed by atoms with Crippen LogP contribution in [0.4, 0.5) is 0 Å². The first-order valence-electron chi connectivity index (χ1n) is 4.24. The van der Waals surface area contributed by atoms with Crippen LogP contribution in [0, 0.1) is 0 Å². The minimum absolute atomic E-state index is 0.0469. The maximum atomic E-state index is 9.08. The molecular formula is C10H15NO2. The number of hydrogen-bond donors (Lipinski definition) is 2. The Morgan fingerprint density at radius 2 is 2.00 bits per heavy atom. The Hall–Kier alpha value is -1.06. The fraction of sp³-hybridized carbons (Fsp3) is 0.400. The zero-order chi connectivity index (χ0) is 9.68. The molecule has 0 aliphatic rings. The van der Waals surface area contributed by atoms with Crippen LogP contribution in [0.25, 0.3) is 0 Å². The second-order valence-electron chi connectivity index (χ2n) is 2.87. The monoisotopic (exact) mass is 181 g/mol. The highest BCUT2D eigenvalue weighted by Crippen LogP contribution is 2.18. The number of likely N-dealkylation sites (N-methyl/N-ethyl adjacent to an activating group) is 1. The van der Waals surface area contributed by atoms with Crippen LogP contribution in [-0.4, -0.2) is 25.8 Å². The minimum atomic E-state index is 0.0469. The molecule has 1 atom stereocenters. The van der Waals surface area contributed by atoms with E-state index in [1.807, 2.05) is 19.2 Å². The fourth-order valence-electron chi connectivity index (χ4n) is 1.21. The predicted molar refractivity (Wildman–Crippen MR) is 51.8 cm³/mol. The van der Waals surface area contributed by atoms with Crippen molar-refractivity contribution in [3.8, 4) is 5.75 Å². The van der Waals surface area contributed by atoms with Gasteiger partial charge in [-0.1, -0.05) is 12.1 Å². The van der Waals surface area contributed by atoms with Crippen LogP contribution in [0.5, 0.6) is 5.75 Å². The first-order chi connectivity index (χ1) is 6.27. The molecule has 3 nitrogen and oxygen atoms in total. The van der Waals surface area contributed by atoms with Gasteiger partial charge in [0.2, 0.25) is 0 Å². The lowest BCUT2D eigenvalue weighted by Crippen LogP contribution is -2.18. The summed E-state index contributed by atoms with van der Waals surface area (Å²) >= 11 is 0. The van der Waals surface area contributed by atoms with E-state index in [1.165, 1.54) is 0 Å². The molecule has 0 bridgehead atoms. The smallest absolute Gasteiger partial charge is 0.115 e. The van der Waals surface area contributed by atoms with Crippen LogP contribution in [0.15, 0.2) is 24.3 Å². The number of ether oxygens (including phenoxy) is 1. The van der Waals surface area contributed by atoms with E-state index in [4.69, 9.17) is 9.84 Å². The van der Waals surface area contributed by atoms with Crippen LogP contribution < -0.4 is 5.32 Å². The van der Waals surface area contributed by atoms with Gasteiger partial charge in [-0.15, -0.1) is 0 Å². The van der Waals surface area contributed by atoms with Gasteiger partial charge in [-0.3, -0.25) is 0 Å². The average Bonchev–Trinajstić information content (AvgIpc) is 2.16. The Morgan fingerprint density at radius 3 is 2.46 bits per heavy atom. The lowest BCUT2D eigenvalue weighted by molar-refractivity contribution is 0.104. The second kappa shape index (κ2) is 4.84. The SMILES string of the molecule is CNCC(OC)c1ccc(O)cc1. The van der Waals surface area contributed by atoms with Crippen molar-refractivity contribution < 1.29 is 9.84 Å². The molecule has 1 unspecified atom stereocenters. The van der Waals surface area contributed by atoms with Crippen LogP contribution in [-0.2, 0) is 4.74 Å². The molecule has 0 spiro atoms. The molecule has 0 fully saturated rings. The quantitative estimate of drug-likeness (QED) is 0.735. The Labute approximate surface area is 78.3 Å². The summed E-state index contributed by atoms with van der Waals surface area (Å²) in [5.41, 5.74) is 1.06. The van der Waals surface area contributed by atoms with Gasteiger partial charge < -0.3 is 15.2 Å². The van der Waals surface area contributed by atoms with Gasteiger partial charge in [-0.25, -0.2) is 0 Å². The summed E-state index contributed by atoms with van der Waals surface area (Å²) in [7, 11) is 3.56. The Kier molecular flexibility index (Phi) is 3.73. The zero-order valence-corrected chi connectivity index (χ0v) is 7.95. The van der Waals surface area contributed by atoms with E-state index >= 15 is 0 Å². The zero-order valence-electron chi connectivity index (χ0n) is 7.95. The molecule has 13 heavy (non-hydrogen) atoms. The van der Waals surface area contributed by atoms with E-state index in [1.54, 1.807) is 19.2 Å². The maximum Gasteiger partial charge on any atom is 0.115 e. The number of nitrogens with one attached hydrogen (secondary N) is 1. The first-order valence-corrected chi connectivity index (χ1v) is 4.24. The molecule has 0 amide bonds. The van der Waals surface area contributed by atoms with Gasteiger partial charge in [0.15, 0.2) is 0 Å². The number of benzene rings is 1. The Morgan fingerprint density at radius 1 is 1.38 bits per heavy atom. The highest BCUT2D eigenvalue weighted by Gasteiger charge is 2.08. The van der Waals surface area contributed by atoms with Crippen LogP contribution >= 0.6 is 0 Å². The van der Waals surface area contributed by atoms with E-state index in [0.29, 0.717) is 0 Å². The summed E-state index contributed by atoms with van der Waals surface area (Å²) in [4.78, 5) is 0. The summed E-state index contributed by atoms with van der Waals surface area (Å²) in [6.07, 6.45) is 0.0469. The molecule has 1 rings (SSSR count). The Bertz CT molecular complexity index is 246. The molecule has 0 radical (unpaired) electrons. The number of phenols is 1. The van der Waals surface area contributed by atoms with Crippen molar-refractivity contribution in [1.82, 2.24) is 5.32 Å². The van der Waals surface area contributed by atoms with Crippen molar-refractivity contribution in [2.24, 2.45) is 0 Å². The third-order valence-corrected chi connectivity index (χ3v) is 1.94. The molecule has 0 saturated heterocycles. The molecule has 0 heterocycles. The Balaban J connectivity index is 2.73. The van der Waals surface area contributed by atoms with Crippen LogP contribution in [0.1, 0.15) is 11.7 Å². The lowest BCUT2D eigenvalue weighted by Gasteiger charge is -2.14. The third-order valence-electron chi connectivity index (χ3n) is 1.94. The largest absolute Gasteiger partial charge is 0.508 e. The molecule has 0 aliphatic heterocycles. The van der Waals surface area contributed by atoms with E-state index in [2.05, 4.69) is 5.32 Å². The van der Waals surface area contributed by atoms with Crippen molar-refractivity contribution in [2.45, 2.75) is 6.10 Å². The predicted octanol–water partition coefficient (Wildman–Crippen LogP) is 1.30. The molecule has 1 aromatic rings. The number of methoxy groups -OCH3 is 1. The summed E-state index contributed by atoms with van der Waals surface area (Å²) in [5.74, 6) is 0.281. The normalized spacial score (nSPS) is 12.8. The van der Waals surface area contributed by atoms with Crippen molar-refractivity contribution in [2.75, 3.05) is 20.7 Å². The fourth-order valence-corrected chi connectivity index (χ4v) is 1.21. The summed E-state index contributed by atoms with van der Waals surface area (Å²) < 4.78 is 5.27. The van der Waals surface area contributed by atoms with Gasteiger partial charge in [-0.2, -0.15) is 0 Å². The van der Waals surface area contributed by atoms with E-state index in [0.717, 1.165) is 12.1 Å². The van der Waals surface area contributed by atoms with Crippen molar-refractivity contribution >= 4 is 0 Å². The summed E-state index contributed by atoms with van der Waals surface area (Å²) in [5, 5.41) is 12.1. The third kappa shape index (κ3) is 2.72. The number of hydrogen-bond acceptors (Lipinski definition) is 3. The standard InChI is InChI=1S/C10H15NO2/c1-11-7-10(13-2)8-3-5-9(12)6-4-8/h3-6,10-12H,7H2,1-2H3. The van der Waals surface area contributed by atoms with Gasteiger partial charge in [0.1, 0.15) is 5.75 Å². The van der Waals surface area contributed by atoms with E-state index in [-0.39, 0.29) is 11.9 Å². The second-order valence-corrected chi connectivity index (χ2v) is 2.87. The lowest BCUT2D eigenvalue weighted by atomic mass is 10.1. The van der Waals surface area contributed by atoms with Crippen molar-refractivity contribution in [3.05, 3.63) is 29.8 Å². The molecule has 0 saturated carbocycles. The molecule has 0 aromatic heterocycles. The highest BCUT2D eigenvalue weighted by atomic mass is 16.5. The molecule has 72 valence electrons. The van der Waals surface area contributed by atoms with E-state index in [9.17, 15) is 0 Å². The number of aromatic hydroxyl groups is 1. The van der Waals surface area contributed by atoms with Gasteiger partial charge in [-0.05, 0) is 24.7 Å². The summed E-state index contributed by atoms with van der Waals surface area (Å²) in [6.45, 7) is 0.765. The minimum Gasteiger partial charge on any atom is -0.508 e. The highest BCUT2D eigenvalue weighted by molar-refractivity contribution is 5.27. The number of rotatable bonds is 4. The van der Waals surface area contributed by atoms with Gasteiger partial charge in [0, 0.05) is 13.7 Å². The molecule has 1 aromatic carbocycles. The van der Waals surface area contributed by atoms with Gasteiger partial charge in [0.05, 0.1) is 6.10 Å². The molecule has 2 N–H and O–H groups in total. The topological polar surface area (TPSA) is 41.5 Å². The molecular weight excluding hydrogens is 166 g/mol. The first kappa shape index (κ1) is 10.0. The van der Waals surface area contributed by atoms with Crippen molar-refractivity contribution in [3.63, 3.8) is 0 Å². The van der Waals surface area contributed by atoms with Crippen LogP contribution in [0.3, 0.4) is 0 Å². The average molecular weight is 181 g/mol. The summed E-state index contributed by atoms with van der Waals surface area (Å²) in [6, 6.07) is 7.05. The van der Waals surface area contributed by atoms with Gasteiger partial charge in [0.25, 0.3) is 0 Å². The van der Waals surface area contributed by atoms with Crippen LogP contribution in [0.2, 0.25) is 0 Å². The number of phenolic OH excluding ortho intramolecular Hbond substituents is 1. The van der Waals surface area contributed by atoms with Crippen molar-refractivity contribution in [1.29, 1.82) is 0 Å². The maximum absolute atomic E-state index is 9.08. The molecule has 0 aliphatic carbocycles.